The van der Waals surface area contributed by atoms with Crippen molar-refractivity contribution in [2.75, 3.05) is 6.54 Å². The smallest absolute Gasteiger partial charge is 0.0940 e. The third kappa shape index (κ3) is 2.87. The van der Waals surface area contributed by atoms with Crippen LogP contribution in [-0.4, -0.2) is 16.5 Å². The molecule has 3 aromatic rings. The lowest BCUT2D eigenvalue weighted by atomic mass is 10.2. The highest BCUT2D eigenvalue weighted by atomic mass is 35.5. The molecule has 0 unspecified atom stereocenters. The van der Waals surface area contributed by atoms with Gasteiger partial charge < -0.3 is 10.3 Å². The monoisotopic (exact) mass is 305 g/mol. The largest absolute Gasteiger partial charge is 0.356 e. The number of H-pyrrole nitrogens is 1. The molecule has 0 atom stereocenters. The third-order valence-corrected chi connectivity index (χ3v) is 4.66. The Morgan fingerprint density at radius 3 is 2.95 bits per heavy atom. The van der Waals surface area contributed by atoms with Crippen LogP contribution in [0.4, 0.5) is 0 Å². The number of halogens is 1. The summed E-state index contributed by atoms with van der Waals surface area (Å²) in [5, 5.41) is 8.58. The fourth-order valence-corrected chi connectivity index (χ4v) is 3.27. The lowest BCUT2D eigenvalue weighted by Gasteiger charge is -2.02. The zero-order chi connectivity index (χ0) is 13.9. The Bertz CT molecular complexity index is 717. The lowest BCUT2D eigenvalue weighted by molar-refractivity contribution is 0.676. The molecular formula is C15H16ClN3S. The van der Waals surface area contributed by atoms with Crippen LogP contribution < -0.4 is 5.32 Å². The summed E-state index contributed by atoms with van der Waals surface area (Å²) in [6.07, 6.45) is 0.955. The molecule has 0 saturated carbocycles. The van der Waals surface area contributed by atoms with E-state index in [9.17, 15) is 0 Å². The number of hydrogen-bond acceptors (Lipinski definition) is 3. The second kappa shape index (κ2) is 5.95. The van der Waals surface area contributed by atoms with E-state index in [1.165, 1.54) is 5.01 Å². The maximum Gasteiger partial charge on any atom is 0.0940 e. The van der Waals surface area contributed by atoms with E-state index in [2.05, 4.69) is 20.7 Å². The van der Waals surface area contributed by atoms with Crippen molar-refractivity contribution < 1.29 is 0 Å². The van der Waals surface area contributed by atoms with Gasteiger partial charge in [-0.15, -0.1) is 11.3 Å². The van der Waals surface area contributed by atoms with Crippen LogP contribution in [0, 0.1) is 6.92 Å². The minimum Gasteiger partial charge on any atom is -0.356 e. The van der Waals surface area contributed by atoms with Crippen molar-refractivity contribution in [1.29, 1.82) is 0 Å². The predicted octanol–water partition coefficient (Wildman–Crippen LogP) is 3.92. The standard InChI is InChI=1S/C15H16ClN3S/c1-10-9-20-14(18-10)6-7-17-8-13-15(16)11-4-2-3-5-12(11)19-13/h2-5,9,17,19H,6-8H2,1H3. The van der Waals surface area contributed by atoms with Gasteiger partial charge in [0.2, 0.25) is 0 Å². The molecular weight excluding hydrogens is 290 g/mol. The molecule has 20 heavy (non-hydrogen) atoms. The summed E-state index contributed by atoms with van der Waals surface area (Å²) in [4.78, 5) is 7.81. The number of rotatable bonds is 5. The van der Waals surface area contributed by atoms with Gasteiger partial charge >= 0.3 is 0 Å². The Hall–Kier alpha value is -1.36. The highest BCUT2D eigenvalue weighted by Gasteiger charge is 2.08. The van der Waals surface area contributed by atoms with Gasteiger partial charge in [-0.05, 0) is 13.0 Å². The molecule has 0 radical (unpaired) electrons. The van der Waals surface area contributed by atoms with E-state index in [4.69, 9.17) is 11.6 Å². The van der Waals surface area contributed by atoms with Crippen molar-refractivity contribution in [2.45, 2.75) is 19.9 Å². The number of hydrogen-bond donors (Lipinski definition) is 2. The molecule has 1 aromatic carbocycles. The number of thiazole rings is 1. The van der Waals surface area contributed by atoms with Gasteiger partial charge in [-0.25, -0.2) is 4.98 Å². The molecule has 0 aliphatic rings. The van der Waals surface area contributed by atoms with E-state index in [1.807, 2.05) is 31.2 Å². The molecule has 5 heteroatoms. The molecule has 3 nitrogen and oxygen atoms in total. The summed E-state index contributed by atoms with van der Waals surface area (Å²) in [6, 6.07) is 8.10. The number of nitrogens with one attached hydrogen (secondary N) is 2. The molecule has 0 fully saturated rings. The van der Waals surface area contributed by atoms with Gasteiger partial charge in [-0.1, -0.05) is 29.8 Å². The van der Waals surface area contributed by atoms with E-state index in [1.54, 1.807) is 11.3 Å². The van der Waals surface area contributed by atoms with Gasteiger partial charge in [0, 0.05) is 47.2 Å². The Balaban J connectivity index is 1.58. The zero-order valence-corrected chi connectivity index (χ0v) is 12.8. The van der Waals surface area contributed by atoms with Crippen molar-refractivity contribution in [1.82, 2.24) is 15.3 Å². The van der Waals surface area contributed by atoms with Gasteiger partial charge in [-0.2, -0.15) is 0 Å². The quantitative estimate of drug-likeness (QED) is 0.701. The SMILES string of the molecule is Cc1csc(CCNCc2[nH]c3ccccc3c2Cl)n1. The van der Waals surface area contributed by atoms with Crippen molar-refractivity contribution in [3.63, 3.8) is 0 Å². The zero-order valence-electron chi connectivity index (χ0n) is 11.2. The van der Waals surface area contributed by atoms with Crippen LogP contribution >= 0.6 is 22.9 Å². The summed E-state index contributed by atoms with van der Waals surface area (Å²) in [6.45, 7) is 3.67. The number of aryl methyl sites for hydroxylation is 1. The number of fused-ring (bicyclic) bond motifs is 1. The summed E-state index contributed by atoms with van der Waals surface area (Å²) in [5.74, 6) is 0. The van der Waals surface area contributed by atoms with Gasteiger partial charge in [0.1, 0.15) is 0 Å². The second-order valence-electron chi connectivity index (χ2n) is 4.77. The molecule has 0 amide bonds. The van der Waals surface area contributed by atoms with Crippen LogP contribution in [0.3, 0.4) is 0 Å². The Kier molecular flexibility index (Phi) is 4.05. The van der Waals surface area contributed by atoms with Crippen LogP contribution in [-0.2, 0) is 13.0 Å². The molecule has 0 bridgehead atoms. The van der Waals surface area contributed by atoms with Crippen LogP contribution in [0.25, 0.3) is 10.9 Å². The van der Waals surface area contributed by atoms with Crippen LogP contribution in [0.5, 0.6) is 0 Å². The highest BCUT2D eigenvalue weighted by molar-refractivity contribution is 7.09. The van der Waals surface area contributed by atoms with Gasteiger partial charge in [0.05, 0.1) is 10.0 Å². The maximum atomic E-state index is 6.37. The molecule has 0 spiro atoms. The van der Waals surface area contributed by atoms with Crippen molar-refractivity contribution in [3.05, 3.63) is 51.1 Å². The lowest BCUT2D eigenvalue weighted by Crippen LogP contribution is -2.17. The van der Waals surface area contributed by atoms with Crippen LogP contribution in [0.15, 0.2) is 29.6 Å². The van der Waals surface area contributed by atoms with E-state index in [0.717, 1.165) is 46.8 Å². The molecule has 104 valence electrons. The molecule has 0 aliphatic heterocycles. The van der Waals surface area contributed by atoms with Crippen LogP contribution in [0.2, 0.25) is 5.02 Å². The Morgan fingerprint density at radius 2 is 2.20 bits per heavy atom. The molecule has 2 aromatic heterocycles. The summed E-state index contributed by atoms with van der Waals surface area (Å²) >= 11 is 8.09. The summed E-state index contributed by atoms with van der Waals surface area (Å²) in [5.41, 5.74) is 3.23. The molecule has 0 aliphatic carbocycles. The minimum atomic E-state index is 0.748. The first-order chi connectivity index (χ1) is 9.74. The summed E-state index contributed by atoms with van der Waals surface area (Å²) in [7, 11) is 0. The number of benzene rings is 1. The van der Waals surface area contributed by atoms with E-state index >= 15 is 0 Å². The molecule has 2 heterocycles. The topological polar surface area (TPSA) is 40.7 Å². The highest BCUT2D eigenvalue weighted by Crippen LogP contribution is 2.26. The fraction of sp³-hybridized carbons (Fsp3) is 0.267. The maximum absolute atomic E-state index is 6.37. The number of para-hydroxylation sites is 1. The first-order valence-electron chi connectivity index (χ1n) is 6.61. The van der Waals surface area contributed by atoms with Crippen LogP contribution in [0.1, 0.15) is 16.4 Å². The predicted molar refractivity (Wildman–Crippen MR) is 85.6 cm³/mol. The molecule has 0 saturated heterocycles. The van der Waals surface area contributed by atoms with Crippen molar-refractivity contribution in [3.8, 4) is 0 Å². The third-order valence-electron chi connectivity index (χ3n) is 3.20. The normalized spacial score (nSPS) is 11.3. The number of aromatic nitrogens is 2. The minimum absolute atomic E-state index is 0.748. The van der Waals surface area contributed by atoms with Crippen molar-refractivity contribution >= 4 is 33.8 Å². The Morgan fingerprint density at radius 1 is 1.35 bits per heavy atom. The fourth-order valence-electron chi connectivity index (χ4n) is 2.21. The average Bonchev–Trinajstić information content (AvgIpc) is 3.00. The van der Waals surface area contributed by atoms with E-state index < -0.39 is 0 Å². The van der Waals surface area contributed by atoms with Gasteiger partial charge in [0.25, 0.3) is 0 Å². The first kappa shape index (κ1) is 13.6. The van der Waals surface area contributed by atoms with E-state index in [-0.39, 0.29) is 0 Å². The van der Waals surface area contributed by atoms with E-state index in [0.29, 0.717) is 0 Å². The second-order valence-corrected chi connectivity index (χ2v) is 6.09. The first-order valence-corrected chi connectivity index (χ1v) is 7.86. The summed E-state index contributed by atoms with van der Waals surface area (Å²) < 4.78 is 0. The number of aromatic amines is 1. The molecule has 2 N–H and O–H groups in total. The Labute approximate surface area is 127 Å². The average molecular weight is 306 g/mol. The van der Waals surface area contributed by atoms with Gasteiger partial charge in [0.15, 0.2) is 0 Å². The molecule has 3 rings (SSSR count). The van der Waals surface area contributed by atoms with Gasteiger partial charge in [-0.3, -0.25) is 0 Å². The number of nitrogens with zero attached hydrogens (tertiary/aromatic N) is 1. The van der Waals surface area contributed by atoms with Crippen molar-refractivity contribution in [2.24, 2.45) is 0 Å².